The van der Waals surface area contributed by atoms with Gasteiger partial charge in [-0.05, 0) is 50.2 Å². The summed E-state index contributed by atoms with van der Waals surface area (Å²) in [7, 11) is 0. The largest absolute Gasteiger partial charge is 0.468 e. The highest BCUT2D eigenvalue weighted by molar-refractivity contribution is 5.09. The Hall–Kier alpha value is -0.800. The first-order chi connectivity index (χ1) is 8.80. The normalized spacial score (nSPS) is 23.3. The van der Waals surface area contributed by atoms with Crippen molar-refractivity contribution in [2.24, 2.45) is 11.7 Å². The summed E-state index contributed by atoms with van der Waals surface area (Å²) >= 11 is 0. The first kappa shape index (κ1) is 12.2. The van der Waals surface area contributed by atoms with Crippen molar-refractivity contribution in [2.45, 2.75) is 57.2 Å². The molecule has 100 valence electrons. The Labute approximate surface area is 109 Å². The second-order valence-electron chi connectivity index (χ2n) is 5.87. The molecule has 0 amide bonds. The Balaban J connectivity index is 1.82. The van der Waals surface area contributed by atoms with Crippen molar-refractivity contribution in [2.75, 3.05) is 6.54 Å². The standard InChI is InChI=1S/C15H24N2O/c1-2-15(11-16,12-5-6-12)17(13-7-8-13)10-14-4-3-9-18-14/h3-4,9,12-13H,2,5-8,10-11,16H2,1H3. The summed E-state index contributed by atoms with van der Waals surface area (Å²) in [6.45, 7) is 4.01. The fourth-order valence-corrected chi connectivity index (χ4v) is 3.38. The summed E-state index contributed by atoms with van der Waals surface area (Å²) in [6, 6.07) is 4.80. The van der Waals surface area contributed by atoms with E-state index in [1.165, 1.54) is 25.7 Å². The summed E-state index contributed by atoms with van der Waals surface area (Å²) < 4.78 is 5.54. The highest BCUT2D eigenvalue weighted by Gasteiger charge is 2.51. The molecule has 0 aliphatic heterocycles. The van der Waals surface area contributed by atoms with Crippen LogP contribution < -0.4 is 5.73 Å². The van der Waals surface area contributed by atoms with Crippen molar-refractivity contribution >= 4 is 0 Å². The zero-order chi connectivity index (χ0) is 12.6. The van der Waals surface area contributed by atoms with E-state index in [0.717, 1.165) is 37.2 Å². The molecule has 3 nitrogen and oxygen atoms in total. The van der Waals surface area contributed by atoms with E-state index in [1.54, 1.807) is 6.26 Å². The van der Waals surface area contributed by atoms with Gasteiger partial charge in [0, 0.05) is 18.1 Å². The molecule has 0 spiro atoms. The third-order valence-corrected chi connectivity index (χ3v) is 4.77. The van der Waals surface area contributed by atoms with E-state index in [-0.39, 0.29) is 5.54 Å². The lowest BCUT2D eigenvalue weighted by Gasteiger charge is -2.43. The number of rotatable bonds is 7. The summed E-state index contributed by atoms with van der Waals surface area (Å²) in [5.41, 5.74) is 6.40. The molecule has 1 heterocycles. The Morgan fingerprint density at radius 2 is 2.17 bits per heavy atom. The average Bonchev–Trinajstić information content (AvgIpc) is 3.30. The Bertz CT molecular complexity index is 375. The van der Waals surface area contributed by atoms with E-state index in [0.29, 0.717) is 0 Å². The van der Waals surface area contributed by atoms with Crippen LogP contribution in [0.4, 0.5) is 0 Å². The van der Waals surface area contributed by atoms with Crippen LogP contribution in [-0.2, 0) is 6.54 Å². The van der Waals surface area contributed by atoms with Gasteiger partial charge in [0.05, 0.1) is 12.8 Å². The molecule has 2 saturated carbocycles. The van der Waals surface area contributed by atoms with Gasteiger partial charge in [0.2, 0.25) is 0 Å². The van der Waals surface area contributed by atoms with Crippen molar-refractivity contribution in [3.8, 4) is 0 Å². The van der Waals surface area contributed by atoms with Gasteiger partial charge in [0.1, 0.15) is 5.76 Å². The summed E-state index contributed by atoms with van der Waals surface area (Å²) in [5.74, 6) is 1.89. The van der Waals surface area contributed by atoms with Crippen LogP contribution in [-0.4, -0.2) is 23.0 Å². The zero-order valence-corrected chi connectivity index (χ0v) is 11.3. The molecule has 1 unspecified atom stereocenters. The van der Waals surface area contributed by atoms with Gasteiger partial charge in [-0.25, -0.2) is 0 Å². The summed E-state index contributed by atoms with van der Waals surface area (Å²) in [5, 5.41) is 0. The van der Waals surface area contributed by atoms with Gasteiger partial charge >= 0.3 is 0 Å². The number of hydrogen-bond donors (Lipinski definition) is 1. The van der Waals surface area contributed by atoms with Crippen LogP contribution in [0, 0.1) is 5.92 Å². The summed E-state index contributed by atoms with van der Waals surface area (Å²) in [4.78, 5) is 2.66. The molecule has 2 N–H and O–H groups in total. The van der Waals surface area contributed by atoms with Gasteiger partial charge in [-0.3, -0.25) is 4.90 Å². The van der Waals surface area contributed by atoms with Crippen LogP contribution >= 0.6 is 0 Å². The Morgan fingerprint density at radius 3 is 2.61 bits per heavy atom. The first-order valence-corrected chi connectivity index (χ1v) is 7.29. The molecule has 0 saturated heterocycles. The third-order valence-electron chi connectivity index (χ3n) is 4.77. The Morgan fingerprint density at radius 1 is 1.39 bits per heavy atom. The molecule has 1 atom stereocenters. The average molecular weight is 248 g/mol. The van der Waals surface area contributed by atoms with Crippen LogP contribution in [0.3, 0.4) is 0 Å². The molecule has 2 fully saturated rings. The second kappa shape index (κ2) is 4.71. The molecule has 18 heavy (non-hydrogen) atoms. The molecule has 0 bridgehead atoms. The fourth-order valence-electron chi connectivity index (χ4n) is 3.38. The molecule has 3 rings (SSSR count). The number of nitrogens with two attached hydrogens (primary N) is 1. The van der Waals surface area contributed by atoms with E-state index in [1.807, 2.05) is 6.07 Å². The monoisotopic (exact) mass is 248 g/mol. The van der Waals surface area contributed by atoms with Crippen molar-refractivity contribution in [3.05, 3.63) is 24.2 Å². The fraction of sp³-hybridized carbons (Fsp3) is 0.733. The molecule has 1 aromatic rings. The quantitative estimate of drug-likeness (QED) is 0.807. The minimum atomic E-state index is 0.216. The van der Waals surface area contributed by atoms with Crippen LogP contribution in [0.2, 0.25) is 0 Å². The van der Waals surface area contributed by atoms with Crippen molar-refractivity contribution in [1.29, 1.82) is 0 Å². The molecule has 2 aliphatic rings. The predicted molar refractivity (Wildman–Crippen MR) is 72.1 cm³/mol. The molecule has 2 aliphatic carbocycles. The maximum atomic E-state index is 6.18. The topological polar surface area (TPSA) is 42.4 Å². The highest BCUT2D eigenvalue weighted by Crippen LogP contribution is 2.48. The SMILES string of the molecule is CCC(CN)(C1CC1)N(Cc1ccco1)C1CC1. The second-order valence-corrected chi connectivity index (χ2v) is 5.87. The lowest BCUT2D eigenvalue weighted by Crippen LogP contribution is -2.55. The van der Waals surface area contributed by atoms with E-state index >= 15 is 0 Å². The third kappa shape index (κ3) is 2.10. The maximum absolute atomic E-state index is 6.18. The van der Waals surface area contributed by atoms with E-state index < -0.39 is 0 Å². The van der Waals surface area contributed by atoms with Crippen molar-refractivity contribution in [1.82, 2.24) is 4.90 Å². The van der Waals surface area contributed by atoms with Crippen molar-refractivity contribution in [3.63, 3.8) is 0 Å². The number of furan rings is 1. The molecule has 0 radical (unpaired) electrons. The number of hydrogen-bond acceptors (Lipinski definition) is 3. The van der Waals surface area contributed by atoms with Gasteiger partial charge in [-0.2, -0.15) is 0 Å². The smallest absolute Gasteiger partial charge is 0.117 e. The van der Waals surface area contributed by atoms with Crippen LogP contribution in [0.5, 0.6) is 0 Å². The lowest BCUT2D eigenvalue weighted by molar-refractivity contribution is 0.0453. The molecule has 0 aromatic carbocycles. The van der Waals surface area contributed by atoms with E-state index in [4.69, 9.17) is 10.2 Å². The van der Waals surface area contributed by atoms with Gasteiger partial charge in [-0.1, -0.05) is 6.92 Å². The predicted octanol–water partition coefficient (Wildman–Crippen LogP) is 2.76. The summed E-state index contributed by atoms with van der Waals surface area (Å²) in [6.07, 6.45) is 8.29. The molecular weight excluding hydrogens is 224 g/mol. The van der Waals surface area contributed by atoms with Crippen LogP contribution in [0.15, 0.2) is 22.8 Å². The van der Waals surface area contributed by atoms with E-state index in [9.17, 15) is 0 Å². The number of nitrogens with zero attached hydrogens (tertiary/aromatic N) is 1. The van der Waals surface area contributed by atoms with Gasteiger partial charge < -0.3 is 10.2 Å². The first-order valence-electron chi connectivity index (χ1n) is 7.29. The molecule has 3 heteroatoms. The maximum Gasteiger partial charge on any atom is 0.117 e. The highest BCUT2D eigenvalue weighted by atomic mass is 16.3. The van der Waals surface area contributed by atoms with Crippen molar-refractivity contribution < 1.29 is 4.42 Å². The van der Waals surface area contributed by atoms with Gasteiger partial charge in [-0.15, -0.1) is 0 Å². The minimum absolute atomic E-state index is 0.216. The van der Waals surface area contributed by atoms with Crippen LogP contribution in [0.1, 0.15) is 44.8 Å². The minimum Gasteiger partial charge on any atom is -0.468 e. The van der Waals surface area contributed by atoms with Crippen LogP contribution in [0.25, 0.3) is 0 Å². The zero-order valence-electron chi connectivity index (χ0n) is 11.3. The molecule has 1 aromatic heterocycles. The lowest BCUT2D eigenvalue weighted by atomic mass is 9.87. The van der Waals surface area contributed by atoms with Gasteiger partial charge in [0.15, 0.2) is 0 Å². The Kier molecular flexibility index (Phi) is 3.20. The van der Waals surface area contributed by atoms with E-state index in [2.05, 4.69) is 17.9 Å². The molecular formula is C15H24N2O. The van der Waals surface area contributed by atoms with Gasteiger partial charge in [0.25, 0.3) is 0 Å².